The molecule has 1 aliphatic rings. The van der Waals surface area contributed by atoms with E-state index in [0.29, 0.717) is 31.6 Å². The van der Waals surface area contributed by atoms with Gasteiger partial charge in [0.1, 0.15) is 11.6 Å². The van der Waals surface area contributed by atoms with E-state index >= 15 is 0 Å². The minimum Gasteiger partial charge on any atom is -0.393 e. The maximum absolute atomic E-state index is 13.4. The van der Waals surface area contributed by atoms with E-state index in [1.807, 2.05) is 4.90 Å². The molecule has 0 saturated carbocycles. The smallest absolute Gasteiger partial charge is 0.149 e. The van der Waals surface area contributed by atoms with Crippen molar-refractivity contribution in [3.63, 3.8) is 0 Å². The van der Waals surface area contributed by atoms with E-state index in [-0.39, 0.29) is 6.10 Å². The van der Waals surface area contributed by atoms with Gasteiger partial charge in [0.15, 0.2) is 0 Å². The molecule has 0 atom stereocenters. The van der Waals surface area contributed by atoms with E-state index < -0.39 is 11.6 Å². The van der Waals surface area contributed by atoms with Crippen LogP contribution in [-0.4, -0.2) is 24.3 Å². The molecular weight excluding hydrogens is 200 g/mol. The molecular formula is C11H13F2NO. The number of rotatable bonds is 1. The van der Waals surface area contributed by atoms with Crippen molar-refractivity contribution in [3.8, 4) is 0 Å². The Morgan fingerprint density at radius 1 is 1.20 bits per heavy atom. The molecule has 1 saturated heterocycles. The van der Waals surface area contributed by atoms with Crippen LogP contribution in [0, 0.1) is 11.6 Å². The summed E-state index contributed by atoms with van der Waals surface area (Å²) in [5.74, 6) is -1.10. The summed E-state index contributed by atoms with van der Waals surface area (Å²) in [6.07, 6.45) is 0.984. The van der Waals surface area contributed by atoms with Crippen LogP contribution in [0.4, 0.5) is 14.5 Å². The van der Waals surface area contributed by atoms with Gasteiger partial charge in [-0.25, -0.2) is 8.78 Å². The van der Waals surface area contributed by atoms with Gasteiger partial charge in [-0.05, 0) is 25.0 Å². The fourth-order valence-electron chi connectivity index (χ4n) is 1.84. The van der Waals surface area contributed by atoms with E-state index in [1.54, 1.807) is 0 Å². The molecule has 1 aromatic carbocycles. The Kier molecular flexibility index (Phi) is 2.86. The lowest BCUT2D eigenvalue weighted by atomic mass is 10.1. The van der Waals surface area contributed by atoms with Crippen molar-refractivity contribution in [2.75, 3.05) is 18.0 Å². The molecule has 82 valence electrons. The summed E-state index contributed by atoms with van der Waals surface area (Å²) in [4.78, 5) is 1.83. The predicted molar refractivity (Wildman–Crippen MR) is 53.8 cm³/mol. The van der Waals surface area contributed by atoms with E-state index in [9.17, 15) is 13.9 Å². The zero-order chi connectivity index (χ0) is 10.8. The Balaban J connectivity index is 2.15. The fourth-order valence-corrected chi connectivity index (χ4v) is 1.84. The zero-order valence-electron chi connectivity index (χ0n) is 8.29. The number of hydrogen-bond acceptors (Lipinski definition) is 2. The second kappa shape index (κ2) is 4.14. The Labute approximate surface area is 87.1 Å². The van der Waals surface area contributed by atoms with Crippen LogP contribution in [0.15, 0.2) is 18.2 Å². The first-order valence-corrected chi connectivity index (χ1v) is 5.05. The molecule has 1 fully saturated rings. The summed E-state index contributed by atoms with van der Waals surface area (Å²) >= 11 is 0. The third kappa shape index (κ3) is 2.26. The minimum absolute atomic E-state index is 0.287. The monoisotopic (exact) mass is 213 g/mol. The summed E-state index contributed by atoms with van der Waals surface area (Å²) in [6, 6.07) is 3.59. The largest absolute Gasteiger partial charge is 0.393 e. The van der Waals surface area contributed by atoms with Crippen molar-refractivity contribution in [2.24, 2.45) is 0 Å². The fraction of sp³-hybridized carbons (Fsp3) is 0.455. The Morgan fingerprint density at radius 3 is 2.47 bits per heavy atom. The van der Waals surface area contributed by atoms with Crippen LogP contribution in [0.1, 0.15) is 12.8 Å². The maximum Gasteiger partial charge on any atom is 0.149 e. The minimum atomic E-state index is -0.562. The SMILES string of the molecule is OC1CCN(c2ccc(F)cc2F)CC1. The average molecular weight is 213 g/mol. The lowest BCUT2D eigenvalue weighted by Crippen LogP contribution is -2.36. The van der Waals surface area contributed by atoms with Crippen molar-refractivity contribution >= 4 is 5.69 Å². The van der Waals surface area contributed by atoms with Crippen molar-refractivity contribution in [1.29, 1.82) is 0 Å². The van der Waals surface area contributed by atoms with E-state index in [1.165, 1.54) is 12.1 Å². The number of halogens is 2. The van der Waals surface area contributed by atoms with Gasteiger partial charge in [-0.3, -0.25) is 0 Å². The van der Waals surface area contributed by atoms with Crippen LogP contribution >= 0.6 is 0 Å². The van der Waals surface area contributed by atoms with Gasteiger partial charge >= 0.3 is 0 Å². The van der Waals surface area contributed by atoms with Crippen molar-refractivity contribution < 1.29 is 13.9 Å². The molecule has 2 rings (SSSR count). The van der Waals surface area contributed by atoms with Gasteiger partial charge < -0.3 is 10.0 Å². The highest BCUT2D eigenvalue weighted by atomic mass is 19.1. The molecule has 2 nitrogen and oxygen atoms in total. The molecule has 15 heavy (non-hydrogen) atoms. The second-order valence-corrected chi connectivity index (χ2v) is 3.81. The molecule has 1 aromatic rings. The number of aliphatic hydroxyl groups excluding tert-OH is 1. The Morgan fingerprint density at radius 2 is 1.87 bits per heavy atom. The van der Waals surface area contributed by atoms with Gasteiger partial charge in [0.25, 0.3) is 0 Å². The summed E-state index contributed by atoms with van der Waals surface area (Å²) in [5.41, 5.74) is 0.420. The summed E-state index contributed by atoms with van der Waals surface area (Å²) < 4.78 is 26.1. The normalized spacial score (nSPS) is 18.2. The topological polar surface area (TPSA) is 23.5 Å². The third-order valence-electron chi connectivity index (χ3n) is 2.71. The molecule has 0 unspecified atom stereocenters. The number of hydrogen-bond donors (Lipinski definition) is 1. The molecule has 4 heteroatoms. The van der Waals surface area contributed by atoms with Gasteiger partial charge in [0, 0.05) is 19.2 Å². The first-order chi connectivity index (χ1) is 7.16. The highest BCUT2D eigenvalue weighted by molar-refractivity contribution is 5.48. The average Bonchev–Trinajstić information content (AvgIpc) is 2.20. The molecule has 1 heterocycles. The zero-order valence-corrected chi connectivity index (χ0v) is 8.29. The molecule has 0 spiro atoms. The lowest BCUT2D eigenvalue weighted by molar-refractivity contribution is 0.145. The van der Waals surface area contributed by atoms with Gasteiger partial charge in [-0.1, -0.05) is 0 Å². The first kappa shape index (κ1) is 10.4. The standard InChI is InChI=1S/C11H13F2NO/c12-8-1-2-11(10(13)7-8)14-5-3-9(15)4-6-14/h1-2,7,9,15H,3-6H2. The van der Waals surface area contributed by atoms with Gasteiger partial charge in [-0.15, -0.1) is 0 Å². The second-order valence-electron chi connectivity index (χ2n) is 3.81. The molecule has 0 aliphatic carbocycles. The Hall–Kier alpha value is -1.16. The maximum atomic E-state index is 13.4. The number of anilines is 1. The van der Waals surface area contributed by atoms with E-state index in [4.69, 9.17) is 0 Å². The Bertz CT molecular complexity index is 348. The molecule has 0 bridgehead atoms. The van der Waals surface area contributed by atoms with Gasteiger partial charge in [0.2, 0.25) is 0 Å². The quantitative estimate of drug-likeness (QED) is 0.770. The van der Waals surface area contributed by atoms with Crippen molar-refractivity contribution in [2.45, 2.75) is 18.9 Å². The first-order valence-electron chi connectivity index (χ1n) is 5.05. The lowest BCUT2D eigenvalue weighted by Gasteiger charge is -2.31. The summed E-state index contributed by atoms with van der Waals surface area (Å²) in [7, 11) is 0. The van der Waals surface area contributed by atoms with Crippen LogP contribution in [0.25, 0.3) is 0 Å². The number of nitrogens with zero attached hydrogens (tertiary/aromatic N) is 1. The number of aliphatic hydroxyl groups is 1. The van der Waals surface area contributed by atoms with Crippen molar-refractivity contribution in [3.05, 3.63) is 29.8 Å². The number of piperidine rings is 1. The number of benzene rings is 1. The summed E-state index contributed by atoms with van der Waals surface area (Å²) in [6.45, 7) is 1.23. The summed E-state index contributed by atoms with van der Waals surface area (Å²) in [5, 5.41) is 9.31. The molecule has 0 amide bonds. The molecule has 0 radical (unpaired) electrons. The van der Waals surface area contributed by atoms with Crippen molar-refractivity contribution in [1.82, 2.24) is 0 Å². The highest BCUT2D eigenvalue weighted by Gasteiger charge is 2.19. The van der Waals surface area contributed by atoms with Crippen LogP contribution in [0.2, 0.25) is 0 Å². The molecule has 1 aliphatic heterocycles. The predicted octanol–water partition coefficient (Wildman–Crippen LogP) is 1.93. The van der Waals surface area contributed by atoms with Crippen LogP contribution < -0.4 is 4.90 Å². The third-order valence-corrected chi connectivity index (χ3v) is 2.71. The molecule has 1 N–H and O–H groups in total. The van der Waals surface area contributed by atoms with Gasteiger partial charge in [0.05, 0.1) is 11.8 Å². The van der Waals surface area contributed by atoms with Crippen LogP contribution in [0.3, 0.4) is 0 Å². The van der Waals surface area contributed by atoms with E-state index in [2.05, 4.69) is 0 Å². The van der Waals surface area contributed by atoms with E-state index in [0.717, 1.165) is 6.07 Å². The van der Waals surface area contributed by atoms with Crippen LogP contribution in [-0.2, 0) is 0 Å². The van der Waals surface area contributed by atoms with Gasteiger partial charge in [-0.2, -0.15) is 0 Å². The molecule has 0 aromatic heterocycles. The van der Waals surface area contributed by atoms with Crippen LogP contribution in [0.5, 0.6) is 0 Å². The highest BCUT2D eigenvalue weighted by Crippen LogP contribution is 2.23.